The van der Waals surface area contributed by atoms with E-state index in [1.165, 1.54) is 29.8 Å². The third-order valence-electron chi connectivity index (χ3n) is 6.55. The van der Waals surface area contributed by atoms with Crippen LogP contribution in [0, 0.1) is 5.41 Å². The van der Waals surface area contributed by atoms with Crippen molar-refractivity contribution in [2.75, 3.05) is 27.2 Å². The van der Waals surface area contributed by atoms with E-state index >= 15 is 0 Å². The molecular weight excluding hydrogens is 442 g/mol. The Hall–Kier alpha value is -1.78. The van der Waals surface area contributed by atoms with Crippen molar-refractivity contribution in [1.82, 2.24) is 15.5 Å². The van der Waals surface area contributed by atoms with Gasteiger partial charge >= 0.3 is 0 Å². The Morgan fingerprint density at radius 1 is 1.17 bits per heavy atom. The fourth-order valence-electron chi connectivity index (χ4n) is 4.19. The first-order chi connectivity index (χ1) is 17.1. The zero-order valence-corrected chi connectivity index (χ0v) is 25.9. The van der Waals surface area contributed by atoms with Crippen LogP contribution in [0.1, 0.15) is 101 Å². The molecule has 2 atom stereocenters. The zero-order valence-electron chi connectivity index (χ0n) is 25.9. The van der Waals surface area contributed by atoms with Crippen LogP contribution in [-0.2, 0) is 4.74 Å². The Kier molecular flexibility index (Phi) is 20.5. The number of fused-ring (bicyclic) bond motifs is 1. The maximum Gasteiger partial charge on any atom is 0.160 e. The van der Waals surface area contributed by atoms with Crippen molar-refractivity contribution in [3.63, 3.8) is 0 Å². The summed E-state index contributed by atoms with van der Waals surface area (Å²) in [5, 5.41) is 6.91. The van der Waals surface area contributed by atoms with E-state index in [0.29, 0.717) is 6.04 Å². The summed E-state index contributed by atoms with van der Waals surface area (Å²) in [7, 11) is 3.93. The van der Waals surface area contributed by atoms with Crippen molar-refractivity contribution in [1.29, 1.82) is 0 Å². The van der Waals surface area contributed by atoms with Gasteiger partial charge in [-0.05, 0) is 65.5 Å². The molecule has 1 heterocycles. The predicted octanol–water partition coefficient (Wildman–Crippen LogP) is 8.37. The second-order valence-corrected chi connectivity index (χ2v) is 9.83. The van der Waals surface area contributed by atoms with Gasteiger partial charge in [-0.15, -0.1) is 13.2 Å². The normalized spacial score (nSPS) is 20.4. The number of ether oxygens (including phenoxy) is 1. The molecule has 0 amide bonds. The summed E-state index contributed by atoms with van der Waals surface area (Å²) in [5.74, 6) is 0. The van der Waals surface area contributed by atoms with Gasteiger partial charge in [-0.1, -0.05) is 78.3 Å². The summed E-state index contributed by atoms with van der Waals surface area (Å²) in [6.07, 6.45) is 17.8. The van der Waals surface area contributed by atoms with Gasteiger partial charge in [0.15, 0.2) is 5.72 Å². The molecule has 1 saturated heterocycles. The van der Waals surface area contributed by atoms with E-state index in [-0.39, 0.29) is 11.1 Å². The fourth-order valence-corrected chi connectivity index (χ4v) is 4.19. The molecule has 0 aromatic rings. The third-order valence-corrected chi connectivity index (χ3v) is 6.55. The Morgan fingerprint density at radius 2 is 1.75 bits per heavy atom. The summed E-state index contributed by atoms with van der Waals surface area (Å²) in [6, 6.07) is 0.324. The number of rotatable bonds is 11. The smallest absolute Gasteiger partial charge is 0.160 e. The second-order valence-electron chi connectivity index (χ2n) is 9.83. The molecule has 2 N–H and O–H groups in total. The van der Waals surface area contributed by atoms with Crippen LogP contribution in [0.15, 0.2) is 60.5 Å². The first-order valence-corrected chi connectivity index (χ1v) is 14.2. The number of nitrogens with zero attached hydrogens (tertiary/aromatic N) is 1. The molecule has 0 aromatic carbocycles. The van der Waals surface area contributed by atoms with Crippen molar-refractivity contribution < 1.29 is 4.74 Å². The molecule has 0 aromatic heterocycles. The van der Waals surface area contributed by atoms with Crippen LogP contribution in [-0.4, -0.2) is 43.9 Å². The number of nitrogens with one attached hydrogen (secondary N) is 2. The average molecular weight is 504 g/mol. The minimum atomic E-state index is -0.388. The highest BCUT2D eigenvalue weighted by Gasteiger charge is 2.55. The molecule has 4 nitrogen and oxygen atoms in total. The molecular formula is C32H61N3O. The van der Waals surface area contributed by atoms with E-state index in [2.05, 4.69) is 102 Å². The molecule has 0 bridgehead atoms. The van der Waals surface area contributed by atoms with Crippen molar-refractivity contribution in [3.8, 4) is 0 Å². The lowest BCUT2D eigenvalue weighted by atomic mass is 9.75. The average Bonchev–Trinajstić information content (AvgIpc) is 3.10. The van der Waals surface area contributed by atoms with Gasteiger partial charge in [0.25, 0.3) is 0 Å². The number of likely N-dealkylation sites (N-methyl/N-ethyl adjacent to an activating group) is 1. The minimum Gasteiger partial charge on any atom is -0.389 e. The molecule has 0 radical (unpaired) electrons. The Morgan fingerprint density at radius 3 is 2.22 bits per heavy atom. The number of hydrogen-bond donors (Lipinski definition) is 2. The van der Waals surface area contributed by atoms with Crippen LogP contribution in [0.3, 0.4) is 0 Å². The number of allylic oxidation sites excluding steroid dienone is 6. The van der Waals surface area contributed by atoms with Crippen molar-refractivity contribution in [2.45, 2.75) is 113 Å². The van der Waals surface area contributed by atoms with E-state index < -0.39 is 0 Å². The highest BCUT2D eigenvalue weighted by molar-refractivity contribution is 5.45. The lowest BCUT2D eigenvalue weighted by Gasteiger charge is -2.43. The summed E-state index contributed by atoms with van der Waals surface area (Å²) in [5.41, 5.74) is 3.49. The molecule has 2 rings (SSSR count). The van der Waals surface area contributed by atoms with Gasteiger partial charge in [-0.25, -0.2) is 0 Å². The first-order valence-electron chi connectivity index (χ1n) is 14.2. The third kappa shape index (κ3) is 11.5. The predicted molar refractivity (Wildman–Crippen MR) is 163 cm³/mol. The van der Waals surface area contributed by atoms with Gasteiger partial charge in [0.1, 0.15) is 0 Å². The molecule has 36 heavy (non-hydrogen) atoms. The molecule has 0 spiro atoms. The summed E-state index contributed by atoms with van der Waals surface area (Å²) in [6.45, 7) is 28.6. The quantitative estimate of drug-likeness (QED) is 0.219. The van der Waals surface area contributed by atoms with E-state index in [4.69, 9.17) is 4.74 Å². The second kappa shape index (κ2) is 20.3. The largest absolute Gasteiger partial charge is 0.389 e. The maximum atomic E-state index is 6.00. The van der Waals surface area contributed by atoms with Crippen LogP contribution < -0.4 is 10.6 Å². The molecule has 1 fully saturated rings. The van der Waals surface area contributed by atoms with E-state index in [1.54, 1.807) is 7.11 Å². The topological polar surface area (TPSA) is 36.5 Å². The van der Waals surface area contributed by atoms with Crippen LogP contribution >= 0.6 is 0 Å². The molecule has 2 aliphatic rings. The Labute approximate surface area is 226 Å². The van der Waals surface area contributed by atoms with Crippen LogP contribution in [0.4, 0.5) is 0 Å². The Balaban J connectivity index is 0. The summed E-state index contributed by atoms with van der Waals surface area (Å²) in [4.78, 5) is 2.28. The summed E-state index contributed by atoms with van der Waals surface area (Å²) < 4.78 is 6.00. The molecule has 210 valence electrons. The molecule has 2 unspecified atom stereocenters. The minimum absolute atomic E-state index is 0.0524. The molecule has 0 saturated carbocycles. The lowest BCUT2D eigenvalue weighted by molar-refractivity contribution is -0.103. The highest BCUT2D eigenvalue weighted by atomic mass is 16.5. The lowest BCUT2D eigenvalue weighted by Crippen LogP contribution is -2.58. The molecule has 4 heteroatoms. The van der Waals surface area contributed by atoms with Crippen molar-refractivity contribution in [2.24, 2.45) is 5.41 Å². The van der Waals surface area contributed by atoms with Crippen LogP contribution in [0.25, 0.3) is 0 Å². The molecule has 1 aliphatic heterocycles. The van der Waals surface area contributed by atoms with Gasteiger partial charge in [0, 0.05) is 43.1 Å². The molecule has 1 aliphatic carbocycles. The van der Waals surface area contributed by atoms with E-state index in [9.17, 15) is 0 Å². The zero-order chi connectivity index (χ0) is 28.2. The van der Waals surface area contributed by atoms with Gasteiger partial charge in [0.2, 0.25) is 0 Å². The van der Waals surface area contributed by atoms with E-state index in [0.717, 1.165) is 38.8 Å². The number of unbranched alkanes of at least 4 members (excludes halogenated alkanes) is 2. The van der Waals surface area contributed by atoms with Crippen LogP contribution in [0.5, 0.6) is 0 Å². The van der Waals surface area contributed by atoms with E-state index in [1.807, 2.05) is 26.0 Å². The monoisotopic (exact) mass is 503 g/mol. The van der Waals surface area contributed by atoms with Gasteiger partial charge in [-0.2, -0.15) is 0 Å². The number of hydrogen-bond acceptors (Lipinski definition) is 4. The number of methoxy groups -OCH3 is 1. The van der Waals surface area contributed by atoms with Gasteiger partial charge in [-0.3, -0.25) is 4.90 Å². The highest BCUT2D eigenvalue weighted by Crippen LogP contribution is 2.49. The van der Waals surface area contributed by atoms with Gasteiger partial charge < -0.3 is 15.4 Å². The summed E-state index contributed by atoms with van der Waals surface area (Å²) >= 11 is 0. The van der Waals surface area contributed by atoms with Crippen molar-refractivity contribution in [3.05, 3.63) is 60.5 Å². The standard InChI is InChI=1S/C17H28N2O.C10H19N.C3H8.C2H6/c1-7-13(2)19(5)12-17(20-6)16(3,4)14-10-8-9-11-15(14)18-17;1-4-6-7-8-9-10(3)11-5-2;1-3-2;1-2/h7,10-11,13,18H,1,8-9,12H2,2-6H3;4,9,11H,1,5-8H2,2-3H3;3H2,1-2H3;1-2H3/b;10-9+;;. The van der Waals surface area contributed by atoms with Gasteiger partial charge in [0.05, 0.1) is 0 Å². The van der Waals surface area contributed by atoms with Crippen molar-refractivity contribution >= 4 is 0 Å². The maximum absolute atomic E-state index is 6.00. The Bertz CT molecular complexity index is 690. The van der Waals surface area contributed by atoms with Crippen LogP contribution in [0.2, 0.25) is 0 Å². The fraction of sp³-hybridized carbons (Fsp3) is 0.688. The first kappa shape index (κ1) is 36.4. The SMILES string of the molecule is C=CC(C)N(C)CC1(OC)NC2=CCCC=C2C1(C)C.C=CCCC/C=C(\C)NCC.CC.CCC.